The van der Waals surface area contributed by atoms with Gasteiger partial charge in [-0.15, -0.1) is 0 Å². The Balaban J connectivity index is 1.90. The maximum absolute atomic E-state index is 12.2. The second kappa shape index (κ2) is 7.03. The molecule has 0 atom stereocenters. The number of carboxylic acid groups (broad SMARTS) is 1. The molecule has 1 N–H and O–H groups in total. The molecule has 5 nitrogen and oxygen atoms in total. The number of hydrogen-bond donors (Lipinski definition) is 1. The zero-order valence-corrected chi connectivity index (χ0v) is 15.4. The zero-order valence-electron chi connectivity index (χ0n) is 13.0. The van der Waals surface area contributed by atoms with Crippen molar-refractivity contribution in [2.75, 3.05) is 6.54 Å². The van der Waals surface area contributed by atoms with E-state index in [0.717, 1.165) is 0 Å². The number of thiocarbonyl (C=S) groups is 1. The minimum atomic E-state index is -1.11. The molecule has 0 spiro atoms. The van der Waals surface area contributed by atoms with Crippen LogP contribution in [0, 0.1) is 0 Å². The Bertz CT molecular complexity index is 919. The molecular weight excluding hydrogens is 382 g/mol. The van der Waals surface area contributed by atoms with Crippen LogP contribution in [0.1, 0.15) is 23.0 Å². The molecule has 1 saturated heterocycles. The van der Waals surface area contributed by atoms with E-state index in [2.05, 4.69) is 0 Å². The van der Waals surface area contributed by atoms with E-state index in [1.54, 1.807) is 24.3 Å². The highest BCUT2D eigenvalue weighted by atomic mass is 35.5. The van der Waals surface area contributed by atoms with Gasteiger partial charge in [0.05, 0.1) is 15.5 Å². The largest absolute Gasteiger partial charge is 0.478 e. The number of carboxylic acids is 1. The van der Waals surface area contributed by atoms with Gasteiger partial charge in [0.1, 0.15) is 15.8 Å². The van der Waals surface area contributed by atoms with Crippen LogP contribution in [0.15, 0.2) is 39.7 Å². The number of thioether (sulfide) groups is 1. The van der Waals surface area contributed by atoms with Crippen molar-refractivity contribution in [3.63, 3.8) is 0 Å². The molecule has 1 aliphatic rings. The Hall–Kier alpha value is -2.09. The summed E-state index contributed by atoms with van der Waals surface area (Å²) in [6.07, 6.45) is 1.63. The third kappa shape index (κ3) is 3.49. The van der Waals surface area contributed by atoms with Crippen molar-refractivity contribution in [2.24, 2.45) is 0 Å². The normalized spacial score (nSPS) is 16.1. The topological polar surface area (TPSA) is 70.8 Å². The first-order valence-electron chi connectivity index (χ1n) is 7.29. The van der Waals surface area contributed by atoms with E-state index in [9.17, 15) is 9.59 Å². The van der Waals surface area contributed by atoms with Gasteiger partial charge in [-0.1, -0.05) is 35.6 Å². The van der Waals surface area contributed by atoms with E-state index in [1.165, 1.54) is 28.8 Å². The van der Waals surface area contributed by atoms with Crippen molar-refractivity contribution in [3.05, 3.63) is 51.6 Å². The van der Waals surface area contributed by atoms with Crippen molar-refractivity contribution in [1.29, 1.82) is 0 Å². The van der Waals surface area contributed by atoms with Crippen molar-refractivity contribution >= 4 is 57.9 Å². The first kappa shape index (κ1) is 17.7. The molecule has 0 bridgehead atoms. The average Bonchev–Trinajstić information content (AvgIpc) is 3.13. The van der Waals surface area contributed by atoms with Crippen LogP contribution in [-0.4, -0.2) is 32.7 Å². The van der Waals surface area contributed by atoms with Crippen LogP contribution in [0.2, 0.25) is 5.02 Å². The lowest BCUT2D eigenvalue weighted by Crippen LogP contribution is -2.27. The summed E-state index contributed by atoms with van der Waals surface area (Å²) in [5.74, 6) is -0.285. The maximum atomic E-state index is 12.2. The predicted molar refractivity (Wildman–Crippen MR) is 102 cm³/mol. The number of aromatic carboxylic acids is 1. The lowest BCUT2D eigenvalue weighted by Gasteiger charge is -2.09. The number of amides is 1. The van der Waals surface area contributed by atoms with E-state index in [1.807, 2.05) is 6.92 Å². The molecule has 2 heterocycles. The highest BCUT2D eigenvalue weighted by molar-refractivity contribution is 8.26. The van der Waals surface area contributed by atoms with Crippen molar-refractivity contribution in [3.8, 4) is 11.3 Å². The zero-order chi connectivity index (χ0) is 18.1. The maximum Gasteiger partial charge on any atom is 0.337 e. The first-order valence-corrected chi connectivity index (χ1v) is 8.89. The summed E-state index contributed by atoms with van der Waals surface area (Å²) in [5.41, 5.74) is 0.587. The average molecular weight is 394 g/mol. The van der Waals surface area contributed by atoms with Crippen LogP contribution in [-0.2, 0) is 4.79 Å². The second-order valence-corrected chi connectivity index (χ2v) is 7.21. The molecule has 8 heteroatoms. The van der Waals surface area contributed by atoms with Crippen LogP contribution >= 0.6 is 35.6 Å². The van der Waals surface area contributed by atoms with Gasteiger partial charge >= 0.3 is 5.97 Å². The molecule has 1 amide bonds. The molecule has 128 valence electrons. The Labute approximate surface area is 158 Å². The summed E-state index contributed by atoms with van der Waals surface area (Å²) in [7, 11) is 0. The van der Waals surface area contributed by atoms with E-state index in [4.69, 9.17) is 33.3 Å². The highest BCUT2D eigenvalue weighted by Gasteiger charge is 2.30. The smallest absolute Gasteiger partial charge is 0.337 e. The van der Waals surface area contributed by atoms with Crippen molar-refractivity contribution in [1.82, 2.24) is 4.90 Å². The molecule has 1 aromatic carbocycles. The fraction of sp³-hybridized carbons (Fsp3) is 0.118. The minimum absolute atomic E-state index is 0.000865. The molecular formula is C17H12ClNO4S2. The molecule has 0 unspecified atom stereocenters. The second-order valence-electron chi connectivity index (χ2n) is 5.13. The summed E-state index contributed by atoms with van der Waals surface area (Å²) in [6.45, 7) is 2.38. The van der Waals surface area contributed by atoms with Gasteiger partial charge in [0.15, 0.2) is 0 Å². The number of hydrogen-bond acceptors (Lipinski definition) is 5. The Morgan fingerprint density at radius 1 is 1.40 bits per heavy atom. The number of furan rings is 1. The van der Waals surface area contributed by atoms with Gasteiger partial charge in [-0.25, -0.2) is 4.79 Å². The van der Waals surface area contributed by atoms with E-state index in [0.29, 0.717) is 32.9 Å². The Kier molecular flexibility index (Phi) is 4.99. The Morgan fingerprint density at radius 3 is 2.80 bits per heavy atom. The van der Waals surface area contributed by atoms with E-state index in [-0.39, 0.29) is 16.5 Å². The first-order chi connectivity index (χ1) is 11.9. The number of benzene rings is 1. The molecule has 25 heavy (non-hydrogen) atoms. The summed E-state index contributed by atoms with van der Waals surface area (Å²) in [6, 6.07) is 8.05. The fourth-order valence-corrected chi connectivity index (χ4v) is 3.89. The fourth-order valence-electron chi connectivity index (χ4n) is 2.33. The molecule has 1 aliphatic heterocycles. The van der Waals surface area contributed by atoms with Crippen LogP contribution < -0.4 is 0 Å². The van der Waals surface area contributed by atoms with Gasteiger partial charge in [0.25, 0.3) is 5.91 Å². The lowest BCUT2D eigenvalue weighted by atomic mass is 10.1. The van der Waals surface area contributed by atoms with Crippen LogP contribution in [0.5, 0.6) is 0 Å². The number of nitrogens with zero attached hydrogens (tertiary/aromatic N) is 1. The number of likely N-dealkylation sites (N-methyl/N-ethyl adjacent to an activating group) is 1. The van der Waals surface area contributed by atoms with Gasteiger partial charge in [-0.3, -0.25) is 9.69 Å². The minimum Gasteiger partial charge on any atom is -0.478 e. The van der Waals surface area contributed by atoms with Gasteiger partial charge in [0, 0.05) is 18.2 Å². The lowest BCUT2D eigenvalue weighted by molar-refractivity contribution is -0.122. The predicted octanol–water partition coefficient (Wildman–Crippen LogP) is 4.52. The summed E-state index contributed by atoms with van der Waals surface area (Å²) >= 11 is 12.3. The van der Waals surface area contributed by atoms with E-state index < -0.39 is 5.97 Å². The number of rotatable bonds is 4. The Morgan fingerprint density at radius 2 is 2.16 bits per heavy atom. The molecule has 0 radical (unpaired) electrons. The van der Waals surface area contributed by atoms with Gasteiger partial charge in [0.2, 0.25) is 0 Å². The summed E-state index contributed by atoms with van der Waals surface area (Å²) in [4.78, 5) is 25.4. The van der Waals surface area contributed by atoms with Crippen LogP contribution in [0.4, 0.5) is 0 Å². The van der Waals surface area contributed by atoms with Crippen molar-refractivity contribution in [2.45, 2.75) is 6.92 Å². The van der Waals surface area contributed by atoms with Crippen molar-refractivity contribution < 1.29 is 19.1 Å². The number of carbonyl (C=O) groups excluding carboxylic acids is 1. The molecule has 1 fully saturated rings. The SMILES string of the molecule is CCN1C(=O)/C(=C/c2ccc(-c3ccc(Cl)c(C(=O)O)c3)o2)SC1=S. The third-order valence-corrected chi connectivity index (χ3v) is 5.28. The standard InChI is InChI=1S/C17H12ClNO4S2/c1-2-19-15(20)14(25-17(19)24)8-10-4-6-13(23-10)9-3-5-12(18)11(7-9)16(21)22/h3-8H,2H2,1H3,(H,21,22)/b14-8-. The summed E-state index contributed by atoms with van der Waals surface area (Å²) in [5, 5.41) is 9.31. The van der Waals surface area contributed by atoms with E-state index >= 15 is 0 Å². The number of carbonyl (C=O) groups is 2. The monoisotopic (exact) mass is 393 g/mol. The quantitative estimate of drug-likeness (QED) is 0.608. The number of halogens is 1. The van der Waals surface area contributed by atoms with Gasteiger partial charge < -0.3 is 9.52 Å². The molecule has 1 aromatic heterocycles. The highest BCUT2D eigenvalue weighted by Crippen LogP contribution is 2.33. The summed E-state index contributed by atoms with van der Waals surface area (Å²) < 4.78 is 6.24. The molecule has 3 rings (SSSR count). The third-order valence-electron chi connectivity index (χ3n) is 3.57. The molecule has 0 saturated carbocycles. The molecule has 2 aromatic rings. The van der Waals surface area contributed by atoms with Gasteiger partial charge in [-0.2, -0.15) is 0 Å². The van der Waals surface area contributed by atoms with Crippen LogP contribution in [0.25, 0.3) is 17.4 Å². The molecule has 0 aliphatic carbocycles. The van der Waals surface area contributed by atoms with Gasteiger partial charge in [-0.05, 0) is 37.3 Å². The van der Waals surface area contributed by atoms with Crippen LogP contribution in [0.3, 0.4) is 0 Å².